The number of quaternary nitrogens is 1. The number of phosphoric acid groups is 1. The predicted octanol–water partition coefficient (Wildman–Crippen LogP) is 19.2. The summed E-state index contributed by atoms with van der Waals surface area (Å²) in [6.07, 6.45) is 78.5. The minimum Gasteiger partial charge on any atom is -0.756 e. The number of likely N-dealkylation sites (N-methyl/N-ethyl adjacent to an activating group) is 1. The second-order valence-corrected chi connectivity index (χ2v) is 24.1. The van der Waals surface area contributed by atoms with Gasteiger partial charge in [0, 0.05) is 6.42 Å². The van der Waals surface area contributed by atoms with Gasteiger partial charge in [0.25, 0.3) is 7.82 Å². The molecule has 0 radical (unpaired) electrons. The summed E-state index contributed by atoms with van der Waals surface area (Å²) in [6, 6.07) is -0.888. The van der Waals surface area contributed by atoms with E-state index in [1.165, 1.54) is 199 Å². The zero-order valence-electron chi connectivity index (χ0n) is 50.0. The zero-order valence-corrected chi connectivity index (χ0v) is 50.9. The first-order valence-electron chi connectivity index (χ1n) is 31.8. The number of hydrogen-bond acceptors (Lipinski definition) is 6. The molecule has 438 valence electrons. The molecule has 0 fully saturated rings. The minimum absolute atomic E-state index is 0.00112. The predicted molar refractivity (Wildman–Crippen MR) is 325 cm³/mol. The van der Waals surface area contributed by atoms with Crippen LogP contribution in [0.5, 0.6) is 0 Å². The van der Waals surface area contributed by atoms with E-state index >= 15 is 0 Å². The van der Waals surface area contributed by atoms with Gasteiger partial charge in [-0.25, -0.2) is 0 Å². The average molecular weight is 1070 g/mol. The van der Waals surface area contributed by atoms with Gasteiger partial charge in [-0.05, 0) is 64.2 Å². The summed E-state index contributed by atoms with van der Waals surface area (Å²) in [5.41, 5.74) is 0. The van der Waals surface area contributed by atoms with Crippen LogP contribution in [0.4, 0.5) is 0 Å². The van der Waals surface area contributed by atoms with E-state index in [-0.39, 0.29) is 19.1 Å². The number of rotatable bonds is 58. The Morgan fingerprint density at radius 2 is 0.813 bits per heavy atom. The maximum atomic E-state index is 13.0. The van der Waals surface area contributed by atoms with Crippen molar-refractivity contribution in [2.24, 2.45) is 0 Å². The Hall–Kier alpha value is -2.06. The van der Waals surface area contributed by atoms with Crippen LogP contribution in [0.1, 0.15) is 290 Å². The third-order valence-corrected chi connectivity index (χ3v) is 15.1. The first kappa shape index (κ1) is 72.9. The van der Waals surface area contributed by atoms with E-state index in [0.29, 0.717) is 17.4 Å². The van der Waals surface area contributed by atoms with Crippen molar-refractivity contribution >= 4 is 13.7 Å². The molecular formula is C66H123N2O6P. The summed E-state index contributed by atoms with van der Waals surface area (Å²) >= 11 is 0. The van der Waals surface area contributed by atoms with Gasteiger partial charge in [-0.1, -0.05) is 292 Å². The summed E-state index contributed by atoms with van der Waals surface area (Å²) in [4.78, 5) is 25.5. The highest BCUT2D eigenvalue weighted by Gasteiger charge is 2.23. The lowest BCUT2D eigenvalue weighted by Gasteiger charge is -2.29. The van der Waals surface area contributed by atoms with Gasteiger partial charge in [-0.2, -0.15) is 0 Å². The Kier molecular flexibility index (Phi) is 55.1. The fourth-order valence-electron chi connectivity index (χ4n) is 9.24. The molecule has 75 heavy (non-hydrogen) atoms. The average Bonchev–Trinajstić information content (AvgIpc) is 3.37. The number of carbonyl (C=O) groups excluding carboxylic acids is 1. The maximum Gasteiger partial charge on any atom is 0.268 e. The van der Waals surface area contributed by atoms with E-state index in [4.69, 9.17) is 9.05 Å². The molecule has 0 saturated carbocycles. The number of nitrogens with zero attached hydrogens (tertiary/aromatic N) is 1. The number of aliphatic hydroxyl groups is 1. The Labute approximate surface area is 465 Å². The Bertz CT molecular complexity index is 1450. The molecule has 0 spiro atoms. The van der Waals surface area contributed by atoms with Crippen LogP contribution in [0.2, 0.25) is 0 Å². The molecule has 0 aliphatic carbocycles. The number of amides is 1. The largest absolute Gasteiger partial charge is 0.756 e. The monoisotopic (exact) mass is 1070 g/mol. The SMILES string of the molecule is CC/C=C\C/C=C\C/C=C\C/C=C\C/C=C\CCCCCCCCCCCCCCCCCCCCCC(=O)NC(COP(=O)([O-])OCC[N+](C)(C)C)C(O)/C=C/CCCCCCCCCCCCCCCCCC. The summed E-state index contributed by atoms with van der Waals surface area (Å²) in [5.74, 6) is -0.194. The topological polar surface area (TPSA) is 108 Å². The molecule has 0 aromatic heterocycles. The van der Waals surface area contributed by atoms with Gasteiger partial charge in [0.05, 0.1) is 39.9 Å². The van der Waals surface area contributed by atoms with Crippen LogP contribution < -0.4 is 10.2 Å². The molecule has 0 aromatic rings. The molecule has 2 N–H and O–H groups in total. The lowest BCUT2D eigenvalue weighted by molar-refractivity contribution is -0.870. The number of nitrogens with one attached hydrogen (secondary N) is 1. The van der Waals surface area contributed by atoms with E-state index in [1.807, 2.05) is 27.2 Å². The minimum atomic E-state index is -4.60. The molecule has 9 heteroatoms. The van der Waals surface area contributed by atoms with Gasteiger partial charge < -0.3 is 28.8 Å². The van der Waals surface area contributed by atoms with Crippen molar-refractivity contribution in [1.82, 2.24) is 5.32 Å². The maximum absolute atomic E-state index is 13.0. The summed E-state index contributed by atoms with van der Waals surface area (Å²) in [7, 11) is 1.27. The number of hydrogen-bond donors (Lipinski definition) is 2. The van der Waals surface area contributed by atoms with Crippen LogP contribution in [0.25, 0.3) is 0 Å². The molecule has 8 nitrogen and oxygen atoms in total. The van der Waals surface area contributed by atoms with Crippen molar-refractivity contribution in [2.75, 3.05) is 40.9 Å². The van der Waals surface area contributed by atoms with Crippen LogP contribution in [0, 0.1) is 0 Å². The molecule has 0 aromatic carbocycles. The Balaban J connectivity index is 4.04. The van der Waals surface area contributed by atoms with Crippen LogP contribution >= 0.6 is 7.82 Å². The van der Waals surface area contributed by atoms with E-state index in [9.17, 15) is 19.4 Å². The number of aliphatic hydroxyl groups excluding tert-OH is 1. The lowest BCUT2D eigenvalue weighted by atomic mass is 10.0. The van der Waals surface area contributed by atoms with Gasteiger partial charge in [-0.15, -0.1) is 0 Å². The van der Waals surface area contributed by atoms with Crippen molar-refractivity contribution in [3.8, 4) is 0 Å². The van der Waals surface area contributed by atoms with Crippen LogP contribution in [-0.2, 0) is 18.4 Å². The van der Waals surface area contributed by atoms with E-state index in [1.54, 1.807) is 6.08 Å². The Morgan fingerprint density at radius 1 is 0.480 bits per heavy atom. The van der Waals surface area contributed by atoms with Gasteiger partial charge in [0.1, 0.15) is 13.2 Å². The van der Waals surface area contributed by atoms with Gasteiger partial charge in [0.2, 0.25) is 5.91 Å². The molecule has 0 rings (SSSR count). The molecule has 0 heterocycles. The number of unbranched alkanes of at least 4 members (excludes halogenated alkanes) is 35. The molecule has 0 aliphatic rings. The van der Waals surface area contributed by atoms with Gasteiger partial charge in [0.15, 0.2) is 0 Å². The number of allylic oxidation sites excluding steroid dienone is 11. The summed E-state index contributed by atoms with van der Waals surface area (Å²) in [6.45, 7) is 4.56. The highest BCUT2D eigenvalue weighted by molar-refractivity contribution is 7.45. The molecule has 0 saturated heterocycles. The normalized spacial score (nSPS) is 14.3. The van der Waals surface area contributed by atoms with Crippen LogP contribution in [0.15, 0.2) is 72.9 Å². The molecule has 3 atom stereocenters. The molecular weight excluding hydrogens is 948 g/mol. The third kappa shape index (κ3) is 59.4. The lowest BCUT2D eigenvalue weighted by Crippen LogP contribution is -2.45. The van der Waals surface area contributed by atoms with E-state index < -0.39 is 20.0 Å². The highest BCUT2D eigenvalue weighted by Crippen LogP contribution is 2.38. The third-order valence-electron chi connectivity index (χ3n) is 14.2. The summed E-state index contributed by atoms with van der Waals surface area (Å²) in [5, 5.41) is 13.9. The quantitative estimate of drug-likeness (QED) is 0.0272. The first-order chi connectivity index (χ1) is 36.5. The van der Waals surface area contributed by atoms with Gasteiger partial charge >= 0.3 is 0 Å². The second kappa shape index (κ2) is 56.7. The van der Waals surface area contributed by atoms with Crippen LogP contribution in [0.3, 0.4) is 0 Å². The molecule has 0 aliphatic heterocycles. The number of carbonyl (C=O) groups is 1. The smallest absolute Gasteiger partial charge is 0.268 e. The fourth-order valence-corrected chi connectivity index (χ4v) is 9.96. The molecule has 3 unspecified atom stereocenters. The van der Waals surface area contributed by atoms with Crippen LogP contribution in [-0.4, -0.2) is 68.5 Å². The van der Waals surface area contributed by atoms with Crippen molar-refractivity contribution in [1.29, 1.82) is 0 Å². The molecule has 1 amide bonds. The Morgan fingerprint density at radius 3 is 1.19 bits per heavy atom. The number of phosphoric ester groups is 1. The second-order valence-electron chi connectivity index (χ2n) is 22.7. The first-order valence-corrected chi connectivity index (χ1v) is 33.3. The standard InChI is InChI=1S/C66H123N2O6P/c1-6-8-10-12-14-16-18-20-22-24-26-27-28-29-30-31-32-33-34-35-36-37-38-39-40-41-42-44-46-48-50-52-54-56-58-60-66(70)67-64(63-74-75(71,72)73-62-61-68(3,4)5)65(69)59-57-55-53-51-49-47-45-43-25-23-21-19-17-15-13-11-9-7-2/h8,10,14,16,20,22,26-27,29-30,57,59,64-65,69H,6-7,9,11-13,15,17-19,21,23-25,28,31-56,58,60-63H2,1-5H3,(H-,67,70,71,72)/b10-8-,16-14-,22-20-,27-26-,30-29-,59-57+. The fraction of sp³-hybridized carbons (Fsp3) is 0.803. The zero-order chi connectivity index (χ0) is 54.9. The van der Waals surface area contributed by atoms with E-state index in [0.717, 1.165) is 70.6 Å². The summed E-state index contributed by atoms with van der Waals surface area (Å²) < 4.78 is 23.4. The van der Waals surface area contributed by atoms with E-state index in [2.05, 4.69) is 79.9 Å². The highest BCUT2D eigenvalue weighted by atomic mass is 31.2. The molecule has 0 bridgehead atoms. The van der Waals surface area contributed by atoms with Gasteiger partial charge in [-0.3, -0.25) is 9.36 Å². The van der Waals surface area contributed by atoms with Crippen molar-refractivity contribution in [3.63, 3.8) is 0 Å². The van der Waals surface area contributed by atoms with Crippen molar-refractivity contribution in [2.45, 2.75) is 302 Å². The van der Waals surface area contributed by atoms with Crippen molar-refractivity contribution in [3.05, 3.63) is 72.9 Å². The van der Waals surface area contributed by atoms with Crippen molar-refractivity contribution < 1.29 is 32.9 Å².